The quantitative estimate of drug-likeness (QED) is 0.778. The van der Waals surface area contributed by atoms with Gasteiger partial charge in [0.25, 0.3) is 0 Å². The second-order valence-corrected chi connectivity index (χ2v) is 7.09. The van der Waals surface area contributed by atoms with E-state index in [2.05, 4.69) is 56.0 Å². The van der Waals surface area contributed by atoms with Crippen LogP contribution < -0.4 is 5.73 Å². The first-order valence-electron chi connectivity index (χ1n) is 8.27. The average molecular weight is 342 g/mol. The summed E-state index contributed by atoms with van der Waals surface area (Å²) in [6.45, 7) is 8.45. The lowest BCUT2D eigenvalue weighted by Crippen LogP contribution is -2.35. The van der Waals surface area contributed by atoms with Crippen LogP contribution in [0.1, 0.15) is 45.2 Å². The number of nitrogens with zero attached hydrogens (tertiary/aromatic N) is 3. The zero-order chi connectivity index (χ0) is 18.4. The predicted molar refractivity (Wildman–Crippen MR) is 97.0 cm³/mol. The lowest BCUT2D eigenvalue weighted by atomic mass is 9.71. The van der Waals surface area contributed by atoms with E-state index >= 15 is 0 Å². The number of nitrogens with two attached hydrogens (primary N) is 1. The lowest BCUT2D eigenvalue weighted by molar-refractivity contribution is 0.0806. The van der Waals surface area contributed by atoms with Crippen LogP contribution in [0.2, 0.25) is 0 Å². The molecule has 0 fully saturated rings. The highest BCUT2D eigenvalue weighted by molar-refractivity contribution is 5.64. The SMILES string of the molecule is CC(C)=CC(C(c1ccccc1)C(C)(C)COC(N)=O)n1cncn1. The summed E-state index contributed by atoms with van der Waals surface area (Å²) in [5.74, 6) is 0.00431. The fourth-order valence-electron chi connectivity index (χ4n) is 3.16. The minimum atomic E-state index is -0.764. The summed E-state index contributed by atoms with van der Waals surface area (Å²) in [6.07, 6.45) is 4.64. The number of amides is 1. The second kappa shape index (κ2) is 7.96. The van der Waals surface area contributed by atoms with Gasteiger partial charge in [0.05, 0.1) is 12.6 Å². The van der Waals surface area contributed by atoms with Crippen molar-refractivity contribution in [3.63, 3.8) is 0 Å². The van der Waals surface area contributed by atoms with E-state index in [4.69, 9.17) is 10.5 Å². The topological polar surface area (TPSA) is 83.0 Å². The fourth-order valence-corrected chi connectivity index (χ4v) is 3.16. The summed E-state index contributed by atoms with van der Waals surface area (Å²) in [6, 6.07) is 10.1. The van der Waals surface area contributed by atoms with Crippen molar-refractivity contribution in [2.45, 2.75) is 39.7 Å². The monoisotopic (exact) mass is 342 g/mol. The number of carbonyl (C=O) groups excluding carboxylic acids is 1. The Hall–Kier alpha value is -2.63. The number of primary amides is 1. The van der Waals surface area contributed by atoms with Gasteiger partial charge in [-0.3, -0.25) is 0 Å². The molecule has 25 heavy (non-hydrogen) atoms. The van der Waals surface area contributed by atoms with Gasteiger partial charge >= 0.3 is 6.09 Å². The molecule has 1 heterocycles. The van der Waals surface area contributed by atoms with Crippen molar-refractivity contribution in [3.8, 4) is 0 Å². The van der Waals surface area contributed by atoms with Gasteiger partial charge in [-0.05, 0) is 19.4 Å². The van der Waals surface area contributed by atoms with Crippen molar-refractivity contribution in [2.75, 3.05) is 6.61 Å². The summed E-state index contributed by atoms with van der Waals surface area (Å²) in [4.78, 5) is 15.2. The van der Waals surface area contributed by atoms with Crippen LogP contribution in [-0.2, 0) is 4.74 Å². The van der Waals surface area contributed by atoms with Gasteiger partial charge in [0.15, 0.2) is 0 Å². The highest BCUT2D eigenvalue weighted by atomic mass is 16.5. The minimum absolute atomic E-state index is 0.00431. The van der Waals surface area contributed by atoms with E-state index in [1.165, 1.54) is 11.9 Å². The molecular weight excluding hydrogens is 316 g/mol. The molecule has 0 saturated carbocycles. The predicted octanol–water partition coefficient (Wildman–Crippen LogP) is 3.69. The number of hydrogen-bond donors (Lipinski definition) is 1. The molecule has 6 nitrogen and oxygen atoms in total. The van der Waals surface area contributed by atoms with Gasteiger partial charge in [0.1, 0.15) is 12.7 Å². The van der Waals surface area contributed by atoms with E-state index in [1.54, 1.807) is 6.33 Å². The van der Waals surface area contributed by atoms with Gasteiger partial charge in [-0.2, -0.15) is 5.10 Å². The minimum Gasteiger partial charge on any atom is -0.449 e. The molecule has 0 saturated heterocycles. The smallest absolute Gasteiger partial charge is 0.404 e. The molecular formula is C19H26N4O2. The largest absolute Gasteiger partial charge is 0.449 e. The van der Waals surface area contributed by atoms with Crippen LogP contribution in [0.25, 0.3) is 0 Å². The molecule has 2 rings (SSSR count). The third-order valence-electron chi connectivity index (χ3n) is 4.17. The van der Waals surface area contributed by atoms with Crippen molar-refractivity contribution >= 4 is 6.09 Å². The number of carbonyl (C=O) groups is 1. The van der Waals surface area contributed by atoms with E-state index in [0.29, 0.717) is 0 Å². The number of aromatic nitrogens is 3. The molecule has 0 aliphatic heterocycles. The van der Waals surface area contributed by atoms with E-state index in [1.807, 2.05) is 22.9 Å². The standard InChI is InChI=1S/C19H26N4O2/c1-14(2)10-16(23-13-21-12-22-23)17(15-8-6-5-7-9-15)19(3,4)11-25-18(20)24/h5-10,12-13,16-17H,11H2,1-4H3,(H2,20,24). The Morgan fingerprint density at radius 3 is 2.52 bits per heavy atom. The van der Waals surface area contributed by atoms with E-state index in [-0.39, 0.29) is 24.0 Å². The molecule has 0 radical (unpaired) electrons. The van der Waals surface area contributed by atoms with Crippen molar-refractivity contribution in [2.24, 2.45) is 11.1 Å². The zero-order valence-corrected chi connectivity index (χ0v) is 15.2. The van der Waals surface area contributed by atoms with Crippen LogP contribution in [-0.4, -0.2) is 27.5 Å². The summed E-state index contributed by atoms with van der Waals surface area (Å²) >= 11 is 0. The Balaban J connectivity index is 2.52. The van der Waals surface area contributed by atoms with Gasteiger partial charge in [0.2, 0.25) is 0 Å². The molecule has 134 valence electrons. The zero-order valence-electron chi connectivity index (χ0n) is 15.2. The Kier molecular flexibility index (Phi) is 5.96. The van der Waals surface area contributed by atoms with Gasteiger partial charge in [0, 0.05) is 11.3 Å². The van der Waals surface area contributed by atoms with Gasteiger partial charge in [-0.1, -0.05) is 55.8 Å². The summed E-state index contributed by atoms with van der Waals surface area (Å²) < 4.78 is 7.00. The summed E-state index contributed by atoms with van der Waals surface area (Å²) in [5, 5.41) is 4.35. The maximum atomic E-state index is 11.1. The van der Waals surface area contributed by atoms with Gasteiger partial charge < -0.3 is 10.5 Å². The summed E-state index contributed by atoms with van der Waals surface area (Å²) in [7, 11) is 0. The molecule has 1 aromatic heterocycles. The number of ether oxygens (including phenoxy) is 1. The van der Waals surface area contributed by atoms with Gasteiger partial charge in [-0.15, -0.1) is 0 Å². The Morgan fingerprint density at radius 2 is 2.00 bits per heavy atom. The maximum absolute atomic E-state index is 11.1. The molecule has 0 aliphatic rings. The van der Waals surface area contributed by atoms with Gasteiger partial charge in [-0.25, -0.2) is 14.5 Å². The fraction of sp³-hybridized carbons (Fsp3) is 0.421. The Morgan fingerprint density at radius 1 is 1.32 bits per heavy atom. The van der Waals surface area contributed by atoms with Crippen molar-refractivity contribution < 1.29 is 9.53 Å². The lowest BCUT2D eigenvalue weighted by Gasteiger charge is -2.38. The average Bonchev–Trinajstić information content (AvgIpc) is 3.07. The molecule has 2 unspecified atom stereocenters. The number of allylic oxidation sites excluding steroid dienone is 2. The molecule has 6 heteroatoms. The normalized spacial score (nSPS) is 13.8. The first-order valence-corrected chi connectivity index (χ1v) is 8.27. The number of rotatable bonds is 7. The third-order valence-corrected chi connectivity index (χ3v) is 4.17. The highest BCUT2D eigenvalue weighted by Gasteiger charge is 2.38. The molecule has 0 spiro atoms. The van der Waals surface area contributed by atoms with Crippen LogP contribution in [0, 0.1) is 5.41 Å². The van der Waals surface area contributed by atoms with E-state index < -0.39 is 6.09 Å². The Labute approximate surface area is 148 Å². The van der Waals surface area contributed by atoms with E-state index in [0.717, 1.165) is 5.56 Å². The maximum Gasteiger partial charge on any atom is 0.404 e. The number of benzene rings is 1. The first kappa shape index (κ1) is 18.7. The first-order chi connectivity index (χ1) is 11.8. The van der Waals surface area contributed by atoms with Crippen LogP contribution in [0.4, 0.5) is 4.79 Å². The molecule has 2 atom stereocenters. The molecule has 2 aromatic rings. The summed E-state index contributed by atoms with van der Waals surface area (Å²) in [5.41, 5.74) is 7.12. The Bertz CT molecular complexity index is 704. The van der Waals surface area contributed by atoms with Crippen molar-refractivity contribution in [1.82, 2.24) is 14.8 Å². The van der Waals surface area contributed by atoms with Crippen LogP contribution in [0.5, 0.6) is 0 Å². The van der Waals surface area contributed by atoms with E-state index in [9.17, 15) is 4.79 Å². The molecule has 2 N–H and O–H groups in total. The molecule has 1 aromatic carbocycles. The van der Waals surface area contributed by atoms with Crippen molar-refractivity contribution in [1.29, 1.82) is 0 Å². The van der Waals surface area contributed by atoms with Crippen molar-refractivity contribution in [3.05, 3.63) is 60.2 Å². The molecule has 0 bridgehead atoms. The second-order valence-electron chi connectivity index (χ2n) is 7.09. The van der Waals surface area contributed by atoms with Crippen LogP contribution in [0.3, 0.4) is 0 Å². The van der Waals surface area contributed by atoms with Crippen LogP contribution in [0.15, 0.2) is 54.6 Å². The van der Waals surface area contributed by atoms with Crippen LogP contribution >= 0.6 is 0 Å². The number of hydrogen-bond acceptors (Lipinski definition) is 4. The molecule has 1 amide bonds. The third kappa shape index (κ3) is 4.92. The highest BCUT2D eigenvalue weighted by Crippen LogP contribution is 2.44. The molecule has 0 aliphatic carbocycles.